The van der Waals surface area contributed by atoms with Crippen molar-refractivity contribution in [1.82, 2.24) is 19.7 Å². The van der Waals surface area contributed by atoms with Crippen LogP contribution in [0.3, 0.4) is 0 Å². The number of aryl methyl sites for hydroxylation is 1. The van der Waals surface area contributed by atoms with E-state index in [1.165, 1.54) is 37.9 Å². The molecule has 150 valence electrons. The highest BCUT2D eigenvalue weighted by atomic mass is 32.2. The molecule has 28 heavy (non-hydrogen) atoms. The number of carbonyl (C=O) groups excluding carboxylic acids is 2. The van der Waals surface area contributed by atoms with Gasteiger partial charge >= 0.3 is 0 Å². The smallest absolute Gasteiger partial charge is 0.191 e. The molecule has 1 N–H and O–H groups in total. The predicted molar refractivity (Wildman–Crippen MR) is 111 cm³/mol. The number of H-pyrrole nitrogens is 1. The minimum Gasteiger partial charge on any atom is -0.355 e. The Hall–Kier alpha value is -2.15. The van der Waals surface area contributed by atoms with Crippen molar-refractivity contribution in [2.24, 2.45) is 0 Å². The van der Waals surface area contributed by atoms with Gasteiger partial charge in [-0.15, -0.1) is 16.8 Å². The van der Waals surface area contributed by atoms with Crippen molar-refractivity contribution in [2.45, 2.75) is 70.5 Å². The van der Waals surface area contributed by atoms with Gasteiger partial charge in [-0.2, -0.15) is 0 Å². The summed E-state index contributed by atoms with van der Waals surface area (Å²) in [7, 11) is 0. The molecule has 0 atom stereocenters. The van der Waals surface area contributed by atoms with Crippen LogP contribution in [0.5, 0.6) is 0 Å². The molecule has 2 aromatic heterocycles. The number of Topliss-reactive ketones (excluding diaryl/α,β-unsaturated/α-hetero) is 2. The molecule has 1 aliphatic rings. The number of aromatic amines is 1. The Morgan fingerprint density at radius 3 is 2.57 bits per heavy atom. The van der Waals surface area contributed by atoms with Crippen LogP contribution in [0.15, 0.2) is 17.8 Å². The van der Waals surface area contributed by atoms with Gasteiger partial charge in [0, 0.05) is 23.7 Å². The standard InChI is InChI=1S/C21H28N4O2S/c1-5-11-25-20(16-9-7-6-8-10-16)23-24-21(25)28-12-17(27)19-13(2)18(15(4)26)14(3)22-19/h5,16,22H,1,6-12H2,2-4H3. The van der Waals surface area contributed by atoms with E-state index in [2.05, 4.69) is 26.3 Å². The van der Waals surface area contributed by atoms with Gasteiger partial charge in [0.15, 0.2) is 16.7 Å². The molecular formula is C21H28N4O2S. The molecule has 1 fully saturated rings. The molecule has 2 aromatic rings. The molecule has 0 aromatic carbocycles. The molecule has 2 heterocycles. The largest absolute Gasteiger partial charge is 0.355 e. The maximum absolute atomic E-state index is 12.8. The molecular weight excluding hydrogens is 372 g/mol. The summed E-state index contributed by atoms with van der Waals surface area (Å²) < 4.78 is 2.09. The van der Waals surface area contributed by atoms with Gasteiger partial charge in [0.1, 0.15) is 5.82 Å². The first-order chi connectivity index (χ1) is 13.4. The van der Waals surface area contributed by atoms with Gasteiger partial charge in [-0.3, -0.25) is 9.59 Å². The third-order valence-corrected chi connectivity index (χ3v) is 6.39. The fourth-order valence-electron chi connectivity index (χ4n) is 4.13. The third kappa shape index (κ3) is 4.14. The maximum Gasteiger partial charge on any atom is 0.191 e. The zero-order valence-corrected chi connectivity index (χ0v) is 17.7. The van der Waals surface area contributed by atoms with Gasteiger partial charge < -0.3 is 9.55 Å². The molecule has 0 spiro atoms. The number of rotatable bonds is 8. The van der Waals surface area contributed by atoms with Gasteiger partial charge in [0.25, 0.3) is 0 Å². The van der Waals surface area contributed by atoms with Crippen molar-refractivity contribution >= 4 is 23.3 Å². The molecule has 3 rings (SSSR count). The van der Waals surface area contributed by atoms with Crippen molar-refractivity contribution in [1.29, 1.82) is 0 Å². The van der Waals surface area contributed by atoms with Crippen molar-refractivity contribution in [3.8, 4) is 0 Å². The number of allylic oxidation sites excluding steroid dienone is 1. The average Bonchev–Trinajstić information content (AvgIpc) is 3.21. The minimum atomic E-state index is -0.0366. The number of hydrogen-bond donors (Lipinski definition) is 1. The van der Waals surface area contributed by atoms with Crippen molar-refractivity contribution in [3.05, 3.63) is 41.0 Å². The summed E-state index contributed by atoms with van der Waals surface area (Å²) in [6, 6.07) is 0. The van der Waals surface area contributed by atoms with E-state index in [0.717, 1.165) is 35.1 Å². The fraction of sp³-hybridized carbons (Fsp3) is 0.524. The van der Waals surface area contributed by atoms with Crippen LogP contribution in [0.2, 0.25) is 0 Å². The van der Waals surface area contributed by atoms with E-state index in [9.17, 15) is 9.59 Å². The van der Waals surface area contributed by atoms with Crippen LogP contribution in [0.1, 0.15) is 82.9 Å². The molecule has 0 amide bonds. The van der Waals surface area contributed by atoms with Crippen LogP contribution < -0.4 is 0 Å². The van der Waals surface area contributed by atoms with Gasteiger partial charge in [-0.1, -0.05) is 37.1 Å². The Bertz CT molecular complexity index is 891. The van der Waals surface area contributed by atoms with Gasteiger partial charge in [-0.05, 0) is 39.2 Å². The highest BCUT2D eigenvalue weighted by Crippen LogP contribution is 2.33. The number of nitrogens with zero attached hydrogens (tertiary/aromatic N) is 3. The van der Waals surface area contributed by atoms with Crippen LogP contribution in [0, 0.1) is 13.8 Å². The Morgan fingerprint density at radius 1 is 1.25 bits per heavy atom. The Labute approximate surface area is 170 Å². The highest BCUT2D eigenvalue weighted by molar-refractivity contribution is 7.99. The molecule has 0 radical (unpaired) electrons. The Kier molecular flexibility index (Phi) is 6.54. The fourth-order valence-corrected chi connectivity index (χ4v) is 4.96. The molecule has 0 aliphatic heterocycles. The highest BCUT2D eigenvalue weighted by Gasteiger charge is 2.24. The SMILES string of the molecule is C=CCn1c(SCC(=O)c2[nH]c(C)c(C(C)=O)c2C)nnc1C1CCCCC1. The average molecular weight is 401 g/mol. The first-order valence-corrected chi connectivity index (χ1v) is 10.8. The van der Waals surface area contributed by atoms with E-state index in [1.54, 1.807) is 0 Å². The van der Waals surface area contributed by atoms with Crippen LogP contribution >= 0.6 is 11.8 Å². The minimum absolute atomic E-state index is 0.0270. The second-order valence-electron chi connectivity index (χ2n) is 7.47. The van der Waals surface area contributed by atoms with Crippen molar-refractivity contribution < 1.29 is 9.59 Å². The van der Waals surface area contributed by atoms with E-state index in [-0.39, 0.29) is 17.3 Å². The van der Waals surface area contributed by atoms with Gasteiger partial charge in [-0.25, -0.2) is 0 Å². The summed E-state index contributed by atoms with van der Waals surface area (Å²) in [5.41, 5.74) is 2.60. The Balaban J connectivity index is 1.76. The first kappa shape index (κ1) is 20.6. The lowest BCUT2D eigenvalue weighted by Gasteiger charge is -2.21. The number of nitrogens with one attached hydrogen (secondary N) is 1. The quantitative estimate of drug-likeness (QED) is 0.397. The zero-order chi connectivity index (χ0) is 20.3. The molecule has 6 nitrogen and oxygen atoms in total. The summed E-state index contributed by atoms with van der Waals surface area (Å²) in [5.74, 6) is 1.64. The van der Waals surface area contributed by atoms with Crippen molar-refractivity contribution in [2.75, 3.05) is 5.75 Å². The molecule has 1 saturated carbocycles. The van der Waals surface area contributed by atoms with Crippen LogP contribution in [-0.4, -0.2) is 37.1 Å². The normalized spacial score (nSPS) is 15.0. The summed E-state index contributed by atoms with van der Waals surface area (Å²) in [6.07, 6.45) is 7.90. The molecule has 0 unspecified atom stereocenters. The van der Waals surface area contributed by atoms with Crippen LogP contribution in [0.4, 0.5) is 0 Å². The lowest BCUT2D eigenvalue weighted by molar-refractivity contribution is 0.101. The topological polar surface area (TPSA) is 80.6 Å². The third-order valence-electron chi connectivity index (χ3n) is 5.43. The molecule has 0 bridgehead atoms. The monoisotopic (exact) mass is 400 g/mol. The second kappa shape index (κ2) is 8.90. The molecule has 7 heteroatoms. The predicted octanol–water partition coefficient (Wildman–Crippen LogP) is 4.63. The lowest BCUT2D eigenvalue weighted by atomic mass is 9.89. The number of hydrogen-bond acceptors (Lipinski definition) is 5. The number of ketones is 2. The summed E-state index contributed by atoms with van der Waals surface area (Å²) in [5, 5.41) is 9.56. The van der Waals surface area contributed by atoms with E-state index in [0.29, 0.717) is 23.7 Å². The summed E-state index contributed by atoms with van der Waals surface area (Å²) in [6.45, 7) is 9.67. The number of carbonyl (C=O) groups is 2. The van der Waals surface area contributed by atoms with E-state index < -0.39 is 0 Å². The molecule has 1 aliphatic carbocycles. The maximum atomic E-state index is 12.8. The second-order valence-corrected chi connectivity index (χ2v) is 8.41. The van der Waals surface area contributed by atoms with E-state index >= 15 is 0 Å². The van der Waals surface area contributed by atoms with Gasteiger partial charge in [0.05, 0.1) is 11.4 Å². The van der Waals surface area contributed by atoms with Crippen molar-refractivity contribution in [3.63, 3.8) is 0 Å². The Morgan fingerprint density at radius 2 is 1.96 bits per heavy atom. The first-order valence-electron chi connectivity index (χ1n) is 9.84. The number of thioether (sulfide) groups is 1. The number of aromatic nitrogens is 4. The lowest BCUT2D eigenvalue weighted by Crippen LogP contribution is -2.13. The molecule has 0 saturated heterocycles. The van der Waals surface area contributed by atoms with Crippen LogP contribution in [0.25, 0.3) is 0 Å². The van der Waals surface area contributed by atoms with Gasteiger partial charge in [0.2, 0.25) is 0 Å². The summed E-state index contributed by atoms with van der Waals surface area (Å²) >= 11 is 1.39. The van der Waals surface area contributed by atoms with E-state index in [1.807, 2.05) is 19.9 Å². The van der Waals surface area contributed by atoms with Crippen LogP contribution in [-0.2, 0) is 6.54 Å². The zero-order valence-electron chi connectivity index (χ0n) is 16.9. The summed E-state index contributed by atoms with van der Waals surface area (Å²) in [4.78, 5) is 27.7. The van der Waals surface area contributed by atoms with E-state index in [4.69, 9.17) is 0 Å².